The molecule has 0 atom stereocenters. The van der Waals surface area contributed by atoms with Gasteiger partial charge in [-0.25, -0.2) is 9.38 Å². The second-order valence-electron chi connectivity index (χ2n) is 9.35. The van der Waals surface area contributed by atoms with Crippen LogP contribution >= 0.6 is 11.6 Å². The summed E-state index contributed by atoms with van der Waals surface area (Å²) in [5.74, 6) is 2.87. The summed E-state index contributed by atoms with van der Waals surface area (Å²) in [5, 5.41) is 10.6. The Balaban J connectivity index is 1.34. The summed E-state index contributed by atoms with van der Waals surface area (Å²) in [4.78, 5) is 22.2. The average molecular weight is 543 g/mol. The van der Waals surface area contributed by atoms with E-state index >= 15 is 0 Å². The van der Waals surface area contributed by atoms with E-state index in [0.717, 1.165) is 27.8 Å². The van der Waals surface area contributed by atoms with Crippen molar-refractivity contribution in [3.63, 3.8) is 0 Å². The summed E-state index contributed by atoms with van der Waals surface area (Å²) >= 11 is 6.32. The predicted molar refractivity (Wildman–Crippen MR) is 151 cm³/mol. The molecule has 1 aliphatic rings. The number of para-hydroxylation sites is 1. The minimum Gasteiger partial charge on any atom is -0.497 e. The topological polar surface area (TPSA) is 85.1 Å². The molecule has 2 aromatic heterocycles. The number of fused-ring (bicyclic) bond motifs is 3. The third kappa shape index (κ3) is 4.70. The molecule has 1 fully saturated rings. The van der Waals surface area contributed by atoms with Crippen molar-refractivity contribution in [2.45, 2.75) is 6.42 Å². The van der Waals surface area contributed by atoms with Crippen molar-refractivity contribution in [2.24, 2.45) is 0 Å². The fourth-order valence-corrected chi connectivity index (χ4v) is 5.20. The third-order valence-electron chi connectivity index (χ3n) is 7.04. The van der Waals surface area contributed by atoms with E-state index in [1.807, 2.05) is 76.0 Å². The van der Waals surface area contributed by atoms with E-state index in [2.05, 4.69) is 15.1 Å². The number of aromatic nitrogens is 4. The minimum atomic E-state index is 0.0883. The van der Waals surface area contributed by atoms with E-state index in [0.29, 0.717) is 60.8 Å². The van der Waals surface area contributed by atoms with Crippen LogP contribution in [-0.2, 0) is 11.2 Å². The van der Waals surface area contributed by atoms with Gasteiger partial charge < -0.3 is 19.3 Å². The largest absolute Gasteiger partial charge is 0.497 e. The summed E-state index contributed by atoms with van der Waals surface area (Å²) in [6.07, 6.45) is 0.331. The molecule has 39 heavy (non-hydrogen) atoms. The Hall–Kier alpha value is -4.37. The number of benzene rings is 3. The van der Waals surface area contributed by atoms with Crippen LogP contribution < -0.4 is 14.4 Å². The monoisotopic (exact) mass is 542 g/mol. The number of halogens is 1. The number of carbonyl (C=O) groups is 1. The number of carbonyl (C=O) groups excluding carboxylic acids is 1. The second kappa shape index (κ2) is 10.4. The van der Waals surface area contributed by atoms with E-state index in [1.165, 1.54) is 0 Å². The SMILES string of the molecule is COc1cccc(CC(=O)N2CCN(c3nc4cc(Cl)ccc4c4nnc(-c5ccccc5OC)n34)CC2)c1. The molecule has 0 aliphatic carbocycles. The number of piperazine rings is 1. The van der Waals surface area contributed by atoms with Gasteiger partial charge in [0.25, 0.3) is 0 Å². The van der Waals surface area contributed by atoms with Crippen LogP contribution in [0.4, 0.5) is 5.95 Å². The Morgan fingerprint density at radius 2 is 1.74 bits per heavy atom. The Labute approximate surface area is 230 Å². The summed E-state index contributed by atoms with van der Waals surface area (Å²) < 4.78 is 12.9. The lowest BCUT2D eigenvalue weighted by Gasteiger charge is -2.35. The van der Waals surface area contributed by atoms with Gasteiger partial charge in [0.15, 0.2) is 11.5 Å². The van der Waals surface area contributed by atoms with Gasteiger partial charge in [0.1, 0.15) is 11.5 Å². The Bertz CT molecular complexity index is 1680. The number of methoxy groups -OCH3 is 2. The molecule has 198 valence electrons. The molecule has 0 bridgehead atoms. The number of nitrogens with zero attached hydrogens (tertiary/aromatic N) is 6. The maximum absolute atomic E-state index is 13.1. The highest BCUT2D eigenvalue weighted by molar-refractivity contribution is 6.31. The zero-order valence-electron chi connectivity index (χ0n) is 21.7. The fraction of sp³-hybridized carbons (Fsp3) is 0.241. The molecule has 1 aliphatic heterocycles. The Kier molecular flexibility index (Phi) is 6.66. The zero-order chi connectivity index (χ0) is 26.9. The van der Waals surface area contributed by atoms with Gasteiger partial charge in [0.2, 0.25) is 11.9 Å². The van der Waals surface area contributed by atoms with Gasteiger partial charge in [0.05, 0.1) is 31.7 Å². The lowest BCUT2D eigenvalue weighted by atomic mass is 10.1. The summed E-state index contributed by atoms with van der Waals surface area (Å²) in [6.45, 7) is 2.38. The van der Waals surface area contributed by atoms with Crippen LogP contribution in [0.15, 0.2) is 66.7 Å². The van der Waals surface area contributed by atoms with E-state index < -0.39 is 0 Å². The number of amides is 1. The molecule has 10 heteroatoms. The summed E-state index contributed by atoms with van der Waals surface area (Å²) in [5.41, 5.74) is 3.17. The average Bonchev–Trinajstić information content (AvgIpc) is 3.42. The first-order valence-corrected chi connectivity index (χ1v) is 13.1. The van der Waals surface area contributed by atoms with Crippen LogP contribution in [0.2, 0.25) is 5.02 Å². The smallest absolute Gasteiger partial charge is 0.227 e. The zero-order valence-corrected chi connectivity index (χ0v) is 22.4. The molecular formula is C29H27ClN6O3. The summed E-state index contributed by atoms with van der Waals surface area (Å²) in [7, 11) is 3.27. The third-order valence-corrected chi connectivity index (χ3v) is 7.27. The van der Waals surface area contributed by atoms with E-state index in [1.54, 1.807) is 14.2 Å². The van der Waals surface area contributed by atoms with Crippen molar-refractivity contribution in [3.8, 4) is 22.9 Å². The highest BCUT2D eigenvalue weighted by Gasteiger charge is 2.27. The van der Waals surface area contributed by atoms with Gasteiger partial charge in [-0.15, -0.1) is 10.2 Å². The predicted octanol–water partition coefficient (Wildman–Crippen LogP) is 4.51. The maximum atomic E-state index is 13.1. The molecule has 6 rings (SSSR count). The molecule has 9 nitrogen and oxygen atoms in total. The maximum Gasteiger partial charge on any atom is 0.227 e. The molecule has 1 saturated heterocycles. The number of rotatable bonds is 6. The molecule has 0 N–H and O–H groups in total. The lowest BCUT2D eigenvalue weighted by molar-refractivity contribution is -0.130. The van der Waals surface area contributed by atoms with Crippen LogP contribution in [0.5, 0.6) is 11.5 Å². The first-order valence-electron chi connectivity index (χ1n) is 12.7. The normalized spacial score (nSPS) is 13.7. The number of hydrogen-bond acceptors (Lipinski definition) is 7. The number of ether oxygens (including phenoxy) is 2. The van der Waals surface area contributed by atoms with Crippen molar-refractivity contribution < 1.29 is 14.3 Å². The van der Waals surface area contributed by atoms with E-state index in [4.69, 9.17) is 26.1 Å². The van der Waals surface area contributed by atoms with Gasteiger partial charge in [-0.05, 0) is 48.0 Å². The van der Waals surface area contributed by atoms with Crippen LogP contribution in [0.1, 0.15) is 5.56 Å². The molecule has 5 aromatic rings. The second-order valence-corrected chi connectivity index (χ2v) is 9.79. The highest BCUT2D eigenvalue weighted by atomic mass is 35.5. The van der Waals surface area contributed by atoms with Crippen molar-refractivity contribution >= 4 is 40.0 Å². The number of hydrogen-bond donors (Lipinski definition) is 0. The van der Waals surface area contributed by atoms with Crippen LogP contribution in [0.25, 0.3) is 27.9 Å². The van der Waals surface area contributed by atoms with Gasteiger partial charge in [0, 0.05) is 36.6 Å². The van der Waals surface area contributed by atoms with Gasteiger partial charge >= 0.3 is 0 Å². The Morgan fingerprint density at radius 3 is 2.54 bits per heavy atom. The van der Waals surface area contributed by atoms with Crippen molar-refractivity contribution in [1.82, 2.24) is 24.5 Å². The standard InChI is InChI=1S/C29H27ClN6O3/c1-38-21-7-5-6-19(16-21)17-26(37)34-12-14-35(15-13-34)29-31-24-18-20(30)10-11-22(24)27-32-33-28(36(27)29)23-8-3-4-9-25(23)39-2/h3-11,16,18H,12-15,17H2,1-2H3. The van der Waals surface area contributed by atoms with Crippen molar-refractivity contribution in [3.05, 3.63) is 77.3 Å². The van der Waals surface area contributed by atoms with Crippen LogP contribution in [-0.4, -0.2) is 70.8 Å². The molecule has 0 radical (unpaired) electrons. The van der Waals surface area contributed by atoms with Crippen LogP contribution in [0.3, 0.4) is 0 Å². The highest BCUT2D eigenvalue weighted by Crippen LogP contribution is 2.34. The van der Waals surface area contributed by atoms with E-state index in [9.17, 15) is 4.79 Å². The minimum absolute atomic E-state index is 0.0883. The molecule has 3 aromatic carbocycles. The van der Waals surface area contributed by atoms with Crippen molar-refractivity contribution in [2.75, 3.05) is 45.3 Å². The lowest BCUT2D eigenvalue weighted by Crippen LogP contribution is -2.50. The first kappa shape index (κ1) is 24.9. The molecule has 0 spiro atoms. The Morgan fingerprint density at radius 1 is 0.923 bits per heavy atom. The molecule has 0 saturated carbocycles. The van der Waals surface area contributed by atoms with Gasteiger partial charge in [-0.3, -0.25) is 4.79 Å². The van der Waals surface area contributed by atoms with Gasteiger partial charge in [-0.1, -0.05) is 35.9 Å². The quantitative estimate of drug-likeness (QED) is 0.312. The molecule has 3 heterocycles. The molecular weight excluding hydrogens is 516 g/mol. The number of anilines is 1. The van der Waals surface area contributed by atoms with E-state index in [-0.39, 0.29) is 5.91 Å². The molecule has 0 unspecified atom stereocenters. The van der Waals surface area contributed by atoms with Crippen molar-refractivity contribution in [1.29, 1.82) is 0 Å². The summed E-state index contributed by atoms with van der Waals surface area (Å²) in [6, 6.07) is 20.9. The fourth-order valence-electron chi connectivity index (χ4n) is 5.03. The molecule has 1 amide bonds. The van der Waals surface area contributed by atoms with Crippen LogP contribution in [0, 0.1) is 0 Å². The first-order chi connectivity index (χ1) is 19.1. The van der Waals surface area contributed by atoms with Gasteiger partial charge in [-0.2, -0.15) is 0 Å².